The maximum atomic E-state index is 13.2. The predicted octanol–water partition coefficient (Wildman–Crippen LogP) is 3.60. The molecule has 3 aromatic rings. The highest BCUT2D eigenvalue weighted by atomic mass is 32.2. The first kappa shape index (κ1) is 23.9. The third-order valence-electron chi connectivity index (χ3n) is 5.45. The molecular formula is C23H30N4O4S. The first-order chi connectivity index (χ1) is 15.2. The van der Waals surface area contributed by atoms with Gasteiger partial charge in [-0.25, -0.2) is 13.4 Å². The van der Waals surface area contributed by atoms with Gasteiger partial charge in [0.25, 0.3) is 0 Å². The number of aromatic amines is 1. The predicted molar refractivity (Wildman–Crippen MR) is 123 cm³/mol. The fourth-order valence-electron chi connectivity index (χ4n) is 3.60. The second-order valence-corrected chi connectivity index (χ2v) is 9.91. The van der Waals surface area contributed by atoms with Gasteiger partial charge in [-0.3, -0.25) is 9.78 Å². The summed E-state index contributed by atoms with van der Waals surface area (Å²) in [4.78, 5) is 23.6. The van der Waals surface area contributed by atoms with Gasteiger partial charge in [-0.2, -0.15) is 4.31 Å². The van der Waals surface area contributed by atoms with Crippen LogP contribution in [0.1, 0.15) is 50.2 Å². The van der Waals surface area contributed by atoms with Crippen LogP contribution < -0.4 is 0 Å². The summed E-state index contributed by atoms with van der Waals surface area (Å²) in [6.07, 6.45) is 4.67. The van der Waals surface area contributed by atoms with E-state index in [2.05, 4.69) is 15.0 Å². The van der Waals surface area contributed by atoms with Gasteiger partial charge in [0.2, 0.25) is 10.0 Å². The van der Waals surface area contributed by atoms with E-state index in [1.54, 1.807) is 30.5 Å². The number of ether oxygens (including phenoxy) is 1. The third kappa shape index (κ3) is 5.52. The molecule has 0 unspecified atom stereocenters. The van der Waals surface area contributed by atoms with Gasteiger partial charge < -0.3 is 9.72 Å². The molecule has 9 heteroatoms. The van der Waals surface area contributed by atoms with E-state index in [1.807, 2.05) is 19.9 Å². The number of esters is 1. The molecule has 0 aliphatic carbocycles. The number of unbranched alkanes of at least 4 members (excludes halogenated alkanes) is 1. The van der Waals surface area contributed by atoms with E-state index in [0.29, 0.717) is 12.8 Å². The summed E-state index contributed by atoms with van der Waals surface area (Å²) in [6.45, 7) is 5.30. The standard InChI is InChI=1S/C23H30N4O4S/c1-5-6-7-19(15-31-17(3)28)27(4)32(29,30)20-10-8-18(9-11-20)14-22-23-21(12-13-24-22)25-16(2)26-23/h8-13,19H,5-7,14-15H2,1-4H3,(H,25,26)/t19-/m0/s1. The van der Waals surface area contributed by atoms with Crippen LogP contribution in [0.5, 0.6) is 0 Å². The molecule has 0 amide bonds. The number of aromatic nitrogens is 3. The summed E-state index contributed by atoms with van der Waals surface area (Å²) < 4.78 is 32.8. The number of nitrogens with zero attached hydrogens (tertiary/aromatic N) is 3. The molecule has 2 heterocycles. The summed E-state index contributed by atoms with van der Waals surface area (Å²) in [5.41, 5.74) is 3.53. The normalized spacial score (nSPS) is 12.9. The van der Waals surface area contributed by atoms with Crippen molar-refractivity contribution in [3.8, 4) is 0 Å². The average molecular weight is 459 g/mol. The second kappa shape index (κ2) is 10.2. The lowest BCUT2D eigenvalue weighted by Gasteiger charge is -2.27. The van der Waals surface area contributed by atoms with Gasteiger partial charge in [-0.05, 0) is 37.1 Å². The second-order valence-electron chi connectivity index (χ2n) is 7.92. The van der Waals surface area contributed by atoms with Crippen LogP contribution in [0.3, 0.4) is 0 Å². The first-order valence-electron chi connectivity index (χ1n) is 10.7. The molecule has 32 heavy (non-hydrogen) atoms. The Morgan fingerprint density at radius 3 is 2.59 bits per heavy atom. The number of H-pyrrole nitrogens is 1. The van der Waals surface area contributed by atoms with Gasteiger partial charge in [-0.1, -0.05) is 31.9 Å². The molecule has 0 aliphatic heterocycles. The Kier molecular flexibility index (Phi) is 7.63. The SMILES string of the molecule is CCCC[C@@H](COC(C)=O)N(C)S(=O)(=O)c1ccc(Cc2nccc3[nH]c(C)nc23)cc1. The Hall–Kier alpha value is -2.78. The number of likely N-dealkylation sites (N-methyl/N-ethyl adjacent to an activating group) is 1. The number of aryl methyl sites for hydroxylation is 1. The molecule has 3 rings (SSSR count). The Morgan fingerprint density at radius 1 is 1.22 bits per heavy atom. The molecule has 0 aliphatic rings. The zero-order valence-corrected chi connectivity index (χ0v) is 19.8. The summed E-state index contributed by atoms with van der Waals surface area (Å²) in [7, 11) is -2.19. The fourth-order valence-corrected chi connectivity index (χ4v) is 4.97. The number of sulfonamides is 1. The van der Waals surface area contributed by atoms with Gasteiger partial charge in [0.05, 0.1) is 22.1 Å². The molecule has 1 N–H and O–H groups in total. The zero-order chi connectivity index (χ0) is 23.3. The minimum Gasteiger partial charge on any atom is -0.464 e. The van der Waals surface area contributed by atoms with Gasteiger partial charge in [-0.15, -0.1) is 0 Å². The highest BCUT2D eigenvalue weighted by molar-refractivity contribution is 7.89. The van der Waals surface area contributed by atoms with Crippen LogP contribution in [-0.2, 0) is 26.0 Å². The van der Waals surface area contributed by atoms with Crippen LogP contribution in [0.25, 0.3) is 11.0 Å². The van der Waals surface area contributed by atoms with Gasteiger partial charge in [0.1, 0.15) is 17.9 Å². The highest BCUT2D eigenvalue weighted by Crippen LogP contribution is 2.22. The van der Waals surface area contributed by atoms with Crippen molar-refractivity contribution in [3.63, 3.8) is 0 Å². The minimum atomic E-state index is -3.73. The molecular weight excluding hydrogens is 428 g/mol. The molecule has 0 saturated carbocycles. The highest BCUT2D eigenvalue weighted by Gasteiger charge is 2.28. The van der Waals surface area contributed by atoms with Crippen LogP contribution in [0.15, 0.2) is 41.4 Å². The molecule has 0 bridgehead atoms. The minimum absolute atomic E-state index is 0.0436. The Bertz CT molecular complexity index is 1170. The Labute approximate surface area is 189 Å². The lowest BCUT2D eigenvalue weighted by atomic mass is 10.1. The molecule has 2 aromatic heterocycles. The number of hydrogen-bond acceptors (Lipinski definition) is 6. The quantitative estimate of drug-likeness (QED) is 0.466. The first-order valence-corrected chi connectivity index (χ1v) is 12.2. The van der Waals surface area contributed by atoms with Crippen molar-refractivity contribution in [3.05, 3.63) is 53.6 Å². The van der Waals surface area contributed by atoms with Gasteiger partial charge in [0, 0.05) is 26.6 Å². The molecule has 172 valence electrons. The van der Waals surface area contributed by atoms with Crippen molar-refractivity contribution < 1.29 is 17.9 Å². The Morgan fingerprint density at radius 2 is 1.94 bits per heavy atom. The van der Waals surface area contributed by atoms with E-state index >= 15 is 0 Å². The Balaban J connectivity index is 1.78. The van der Waals surface area contributed by atoms with E-state index < -0.39 is 22.0 Å². The molecule has 0 radical (unpaired) electrons. The van der Waals surface area contributed by atoms with Crippen LogP contribution in [0.2, 0.25) is 0 Å². The van der Waals surface area contributed by atoms with E-state index in [4.69, 9.17) is 4.74 Å². The van der Waals surface area contributed by atoms with Crippen molar-refractivity contribution in [2.45, 2.75) is 57.4 Å². The summed E-state index contributed by atoms with van der Waals surface area (Å²) in [5, 5.41) is 0. The maximum absolute atomic E-state index is 13.2. The van der Waals surface area contributed by atoms with Gasteiger partial charge >= 0.3 is 5.97 Å². The number of imidazole rings is 1. The molecule has 0 fully saturated rings. The number of carbonyl (C=O) groups excluding carboxylic acids is 1. The van der Waals surface area contributed by atoms with Gasteiger partial charge in [0.15, 0.2) is 0 Å². The van der Waals surface area contributed by atoms with E-state index in [-0.39, 0.29) is 11.5 Å². The number of pyridine rings is 1. The van der Waals surface area contributed by atoms with Crippen molar-refractivity contribution in [1.29, 1.82) is 0 Å². The molecule has 0 spiro atoms. The van der Waals surface area contributed by atoms with Crippen LogP contribution >= 0.6 is 0 Å². The smallest absolute Gasteiger partial charge is 0.302 e. The number of nitrogens with one attached hydrogen (secondary N) is 1. The van der Waals surface area contributed by atoms with Crippen LogP contribution in [0.4, 0.5) is 0 Å². The third-order valence-corrected chi connectivity index (χ3v) is 7.38. The van der Waals surface area contributed by atoms with Crippen molar-refractivity contribution in [2.75, 3.05) is 13.7 Å². The summed E-state index contributed by atoms with van der Waals surface area (Å²) in [5.74, 6) is 0.405. The van der Waals surface area contributed by atoms with E-state index in [0.717, 1.165) is 41.0 Å². The maximum Gasteiger partial charge on any atom is 0.302 e. The van der Waals surface area contributed by atoms with E-state index in [9.17, 15) is 13.2 Å². The fraction of sp³-hybridized carbons (Fsp3) is 0.435. The molecule has 8 nitrogen and oxygen atoms in total. The number of rotatable bonds is 10. The number of hydrogen-bond donors (Lipinski definition) is 1. The monoisotopic (exact) mass is 458 g/mol. The van der Waals surface area contributed by atoms with Crippen molar-refractivity contribution >= 4 is 27.0 Å². The lowest BCUT2D eigenvalue weighted by molar-refractivity contribution is -0.142. The topological polar surface area (TPSA) is 105 Å². The lowest BCUT2D eigenvalue weighted by Crippen LogP contribution is -2.40. The molecule has 1 atom stereocenters. The number of fused-ring (bicyclic) bond motifs is 1. The molecule has 1 aromatic carbocycles. The number of benzene rings is 1. The van der Waals surface area contributed by atoms with Crippen LogP contribution in [-0.4, -0.2) is 53.3 Å². The van der Waals surface area contributed by atoms with Crippen molar-refractivity contribution in [2.24, 2.45) is 0 Å². The van der Waals surface area contributed by atoms with Crippen molar-refractivity contribution in [1.82, 2.24) is 19.3 Å². The van der Waals surface area contributed by atoms with Crippen LogP contribution in [0, 0.1) is 6.92 Å². The summed E-state index contributed by atoms with van der Waals surface area (Å²) in [6, 6.07) is 8.30. The zero-order valence-electron chi connectivity index (χ0n) is 19.0. The molecule has 0 saturated heterocycles. The number of carbonyl (C=O) groups is 1. The largest absolute Gasteiger partial charge is 0.464 e. The average Bonchev–Trinajstić information content (AvgIpc) is 3.15. The summed E-state index contributed by atoms with van der Waals surface area (Å²) >= 11 is 0. The van der Waals surface area contributed by atoms with E-state index in [1.165, 1.54) is 18.3 Å².